The highest BCUT2D eigenvalue weighted by Crippen LogP contribution is 2.50. The van der Waals surface area contributed by atoms with Crippen LogP contribution in [0.15, 0.2) is 18.2 Å². The average molecular weight is 248 g/mol. The van der Waals surface area contributed by atoms with Crippen LogP contribution >= 0.6 is 0 Å². The third-order valence-electron chi connectivity index (χ3n) is 4.63. The zero-order valence-electron chi connectivity index (χ0n) is 11.0. The number of nitrogens with two attached hydrogens (primary N) is 1. The van der Waals surface area contributed by atoms with Crippen molar-refractivity contribution < 1.29 is 4.39 Å². The van der Waals surface area contributed by atoms with Crippen molar-refractivity contribution in [2.24, 2.45) is 5.73 Å². The maximum Gasteiger partial charge on any atom is 0.146 e. The highest BCUT2D eigenvalue weighted by atomic mass is 19.1. The van der Waals surface area contributed by atoms with Crippen LogP contribution in [0.5, 0.6) is 0 Å². The number of hydrogen-bond acceptors (Lipinski definition) is 2. The molecule has 0 spiro atoms. The molecule has 1 aliphatic carbocycles. The SMILES string of the molecule is CC(N)C1(c2ccc(N3CCCC3)c(F)c2)CC1. The van der Waals surface area contributed by atoms with E-state index in [0.29, 0.717) is 0 Å². The van der Waals surface area contributed by atoms with Gasteiger partial charge in [0.1, 0.15) is 5.82 Å². The lowest BCUT2D eigenvalue weighted by atomic mass is 9.89. The lowest BCUT2D eigenvalue weighted by molar-refractivity contribution is 0.548. The van der Waals surface area contributed by atoms with E-state index in [1.165, 1.54) is 12.8 Å². The Balaban J connectivity index is 1.89. The smallest absolute Gasteiger partial charge is 0.146 e. The molecule has 0 aromatic heterocycles. The number of anilines is 1. The van der Waals surface area contributed by atoms with Crippen LogP contribution in [0.4, 0.5) is 10.1 Å². The number of rotatable bonds is 3. The highest BCUT2D eigenvalue weighted by molar-refractivity contribution is 5.52. The molecule has 0 radical (unpaired) electrons. The van der Waals surface area contributed by atoms with E-state index in [1.807, 2.05) is 13.0 Å². The van der Waals surface area contributed by atoms with Gasteiger partial charge in [-0.3, -0.25) is 0 Å². The molecule has 0 amide bonds. The first kappa shape index (κ1) is 12.0. The van der Waals surface area contributed by atoms with Gasteiger partial charge in [-0.1, -0.05) is 6.07 Å². The van der Waals surface area contributed by atoms with Crippen molar-refractivity contribution in [3.05, 3.63) is 29.6 Å². The molecule has 0 bridgehead atoms. The summed E-state index contributed by atoms with van der Waals surface area (Å²) in [6, 6.07) is 5.84. The topological polar surface area (TPSA) is 29.3 Å². The van der Waals surface area contributed by atoms with Crippen LogP contribution in [0.25, 0.3) is 0 Å². The van der Waals surface area contributed by atoms with E-state index in [9.17, 15) is 4.39 Å². The van der Waals surface area contributed by atoms with E-state index in [-0.39, 0.29) is 17.3 Å². The molecule has 1 saturated heterocycles. The molecule has 2 nitrogen and oxygen atoms in total. The maximum absolute atomic E-state index is 14.2. The molecule has 1 aromatic carbocycles. The van der Waals surface area contributed by atoms with E-state index < -0.39 is 0 Å². The molecule has 1 unspecified atom stereocenters. The summed E-state index contributed by atoms with van der Waals surface area (Å²) in [7, 11) is 0. The fraction of sp³-hybridized carbons (Fsp3) is 0.600. The first-order valence-electron chi connectivity index (χ1n) is 6.94. The second-order valence-electron chi connectivity index (χ2n) is 5.81. The Bertz CT molecular complexity index is 446. The standard InChI is InChI=1S/C15H21FN2/c1-11(17)15(6-7-15)12-4-5-14(13(16)10-12)18-8-2-3-9-18/h4-5,10-11H,2-3,6-9,17H2,1H3. The molecule has 2 N–H and O–H groups in total. The Morgan fingerprint density at radius 2 is 1.94 bits per heavy atom. The second kappa shape index (κ2) is 4.23. The van der Waals surface area contributed by atoms with Crippen LogP contribution in [0.2, 0.25) is 0 Å². The van der Waals surface area contributed by atoms with Crippen LogP contribution in [0.1, 0.15) is 38.2 Å². The third-order valence-corrected chi connectivity index (χ3v) is 4.63. The minimum atomic E-state index is -0.0821. The van der Waals surface area contributed by atoms with Crippen LogP contribution in [-0.4, -0.2) is 19.1 Å². The van der Waals surface area contributed by atoms with E-state index in [1.54, 1.807) is 6.07 Å². The summed E-state index contributed by atoms with van der Waals surface area (Å²) >= 11 is 0. The van der Waals surface area contributed by atoms with E-state index in [0.717, 1.165) is 37.2 Å². The summed E-state index contributed by atoms with van der Waals surface area (Å²) in [4.78, 5) is 2.14. The molecule has 98 valence electrons. The van der Waals surface area contributed by atoms with Gasteiger partial charge in [0.05, 0.1) is 5.69 Å². The Hall–Kier alpha value is -1.09. The van der Waals surface area contributed by atoms with Gasteiger partial charge in [0, 0.05) is 24.5 Å². The summed E-state index contributed by atoms with van der Waals surface area (Å²) < 4.78 is 14.2. The van der Waals surface area contributed by atoms with Crippen molar-refractivity contribution in [2.45, 2.75) is 44.1 Å². The Morgan fingerprint density at radius 1 is 1.28 bits per heavy atom. The Labute approximate surface area is 108 Å². The van der Waals surface area contributed by atoms with Gasteiger partial charge in [-0.15, -0.1) is 0 Å². The highest BCUT2D eigenvalue weighted by Gasteiger charge is 2.47. The minimum absolute atomic E-state index is 0.0460. The Kier molecular flexibility index (Phi) is 2.81. The lowest BCUT2D eigenvalue weighted by Gasteiger charge is -2.23. The van der Waals surface area contributed by atoms with Crippen molar-refractivity contribution in [3.8, 4) is 0 Å². The molecule has 2 fully saturated rings. The summed E-state index contributed by atoms with van der Waals surface area (Å²) in [5.74, 6) is -0.0821. The predicted octanol–water partition coefficient (Wildman–Crippen LogP) is 2.80. The number of benzene rings is 1. The maximum atomic E-state index is 14.2. The normalized spacial score (nSPS) is 23.2. The molecule has 1 aliphatic heterocycles. The number of halogens is 1. The molecular formula is C15H21FN2. The molecule has 1 aromatic rings. The quantitative estimate of drug-likeness (QED) is 0.891. The summed E-state index contributed by atoms with van der Waals surface area (Å²) in [5.41, 5.74) is 7.93. The van der Waals surface area contributed by atoms with Crippen LogP contribution in [-0.2, 0) is 5.41 Å². The van der Waals surface area contributed by atoms with E-state index in [4.69, 9.17) is 5.73 Å². The molecule has 3 rings (SSSR count). The van der Waals surface area contributed by atoms with Crippen molar-refractivity contribution in [2.75, 3.05) is 18.0 Å². The Morgan fingerprint density at radius 3 is 2.44 bits per heavy atom. The molecule has 1 saturated carbocycles. The van der Waals surface area contributed by atoms with Gasteiger partial charge < -0.3 is 10.6 Å². The minimum Gasteiger partial charge on any atom is -0.369 e. The number of nitrogens with zero attached hydrogens (tertiary/aromatic N) is 1. The molecule has 18 heavy (non-hydrogen) atoms. The van der Waals surface area contributed by atoms with Gasteiger partial charge in [-0.2, -0.15) is 0 Å². The van der Waals surface area contributed by atoms with Crippen LogP contribution in [0.3, 0.4) is 0 Å². The van der Waals surface area contributed by atoms with E-state index >= 15 is 0 Å². The fourth-order valence-corrected chi connectivity index (χ4v) is 3.17. The molecule has 1 heterocycles. The molecule has 2 aliphatic rings. The lowest BCUT2D eigenvalue weighted by Crippen LogP contribution is -2.31. The average Bonchev–Trinajstić information content (AvgIpc) is 2.99. The largest absolute Gasteiger partial charge is 0.369 e. The van der Waals surface area contributed by atoms with Crippen LogP contribution in [0, 0.1) is 5.82 Å². The van der Waals surface area contributed by atoms with Gasteiger partial charge in [0.2, 0.25) is 0 Å². The monoisotopic (exact) mass is 248 g/mol. The first-order valence-corrected chi connectivity index (χ1v) is 6.94. The zero-order chi connectivity index (χ0) is 12.8. The summed E-state index contributed by atoms with van der Waals surface area (Å²) in [6.07, 6.45) is 4.52. The summed E-state index contributed by atoms with van der Waals surface area (Å²) in [5, 5.41) is 0. The van der Waals surface area contributed by atoms with E-state index in [2.05, 4.69) is 11.0 Å². The van der Waals surface area contributed by atoms with Gasteiger partial charge >= 0.3 is 0 Å². The third kappa shape index (κ3) is 1.81. The van der Waals surface area contributed by atoms with Crippen molar-refractivity contribution in [1.82, 2.24) is 0 Å². The first-order chi connectivity index (χ1) is 8.63. The predicted molar refractivity (Wildman–Crippen MR) is 72.4 cm³/mol. The number of hydrogen-bond donors (Lipinski definition) is 1. The summed E-state index contributed by atoms with van der Waals surface area (Å²) in [6.45, 7) is 3.99. The van der Waals surface area contributed by atoms with Gasteiger partial charge in [0.15, 0.2) is 0 Å². The van der Waals surface area contributed by atoms with Gasteiger partial charge in [-0.05, 0) is 50.3 Å². The second-order valence-corrected chi connectivity index (χ2v) is 5.81. The molecule has 3 heteroatoms. The van der Waals surface area contributed by atoms with Crippen molar-refractivity contribution in [1.29, 1.82) is 0 Å². The molecule has 1 atom stereocenters. The molecular weight excluding hydrogens is 227 g/mol. The van der Waals surface area contributed by atoms with Crippen LogP contribution < -0.4 is 10.6 Å². The van der Waals surface area contributed by atoms with Gasteiger partial charge in [-0.25, -0.2) is 4.39 Å². The van der Waals surface area contributed by atoms with Crippen molar-refractivity contribution in [3.63, 3.8) is 0 Å². The zero-order valence-corrected chi connectivity index (χ0v) is 11.0. The van der Waals surface area contributed by atoms with Gasteiger partial charge in [0.25, 0.3) is 0 Å². The van der Waals surface area contributed by atoms with Crippen molar-refractivity contribution >= 4 is 5.69 Å². The fourth-order valence-electron chi connectivity index (χ4n) is 3.17.